The quantitative estimate of drug-likeness (QED) is 0.724. The summed E-state index contributed by atoms with van der Waals surface area (Å²) in [5.41, 5.74) is 2.54. The second kappa shape index (κ2) is 6.60. The Labute approximate surface area is 143 Å². The highest BCUT2D eigenvalue weighted by molar-refractivity contribution is 8.19. The summed E-state index contributed by atoms with van der Waals surface area (Å²) in [6.07, 6.45) is 2.70. The van der Waals surface area contributed by atoms with Crippen molar-refractivity contribution in [3.8, 4) is 0 Å². The summed E-state index contributed by atoms with van der Waals surface area (Å²) in [6, 6.07) is 14.8. The molecule has 0 aromatic heterocycles. The topological polar surface area (TPSA) is 37.4 Å². The molecule has 5 heteroatoms. The molecule has 116 valence electrons. The van der Waals surface area contributed by atoms with Crippen LogP contribution in [0.4, 0.5) is 10.5 Å². The van der Waals surface area contributed by atoms with Crippen LogP contribution in [0.25, 0.3) is 6.08 Å². The zero-order chi connectivity index (χ0) is 16.4. The zero-order valence-corrected chi connectivity index (χ0v) is 14.0. The number of hydrogen-bond donors (Lipinski definition) is 0. The zero-order valence-electron chi connectivity index (χ0n) is 12.5. The lowest BCUT2D eigenvalue weighted by molar-refractivity contribution is -0.113. The van der Waals surface area contributed by atoms with E-state index in [4.69, 9.17) is 11.6 Å². The molecule has 1 aliphatic rings. The van der Waals surface area contributed by atoms with Gasteiger partial charge in [-0.3, -0.25) is 9.59 Å². The first-order valence-electron chi connectivity index (χ1n) is 7.21. The summed E-state index contributed by atoms with van der Waals surface area (Å²) in [5, 5.41) is 0.0443. The standard InChI is InChI=1S/C18H14ClNO2S/c1-2-12-7-9-13(10-8-12)11-16-17(21)20(18(22)23-16)15-6-4-3-5-14(15)19/h3-11H,2H2,1H3/b16-11-. The highest BCUT2D eigenvalue weighted by Crippen LogP contribution is 2.38. The maximum absolute atomic E-state index is 12.6. The van der Waals surface area contributed by atoms with Gasteiger partial charge in [-0.2, -0.15) is 0 Å². The molecule has 0 bridgehead atoms. The van der Waals surface area contributed by atoms with E-state index in [1.54, 1.807) is 30.3 Å². The molecule has 0 spiro atoms. The van der Waals surface area contributed by atoms with Crippen LogP contribution in [0.1, 0.15) is 18.1 Å². The van der Waals surface area contributed by atoms with E-state index in [1.165, 1.54) is 5.56 Å². The molecule has 2 aromatic carbocycles. The minimum atomic E-state index is -0.340. The monoisotopic (exact) mass is 343 g/mol. The molecule has 2 amide bonds. The second-order valence-electron chi connectivity index (χ2n) is 5.06. The molecule has 0 atom stereocenters. The molecule has 1 heterocycles. The molecule has 0 N–H and O–H groups in total. The number of amides is 2. The second-order valence-corrected chi connectivity index (χ2v) is 6.46. The molecule has 1 fully saturated rings. The van der Waals surface area contributed by atoms with Crippen LogP contribution in [0.2, 0.25) is 5.02 Å². The number of benzene rings is 2. The lowest BCUT2D eigenvalue weighted by atomic mass is 10.1. The smallest absolute Gasteiger partial charge is 0.268 e. The molecule has 0 radical (unpaired) electrons. The first-order chi connectivity index (χ1) is 11.1. The van der Waals surface area contributed by atoms with Crippen molar-refractivity contribution in [3.05, 3.63) is 69.6 Å². The normalized spacial score (nSPS) is 16.4. The Bertz CT molecular complexity index is 799. The molecule has 23 heavy (non-hydrogen) atoms. The van der Waals surface area contributed by atoms with Gasteiger partial charge in [-0.25, -0.2) is 4.90 Å². The molecule has 1 aliphatic heterocycles. The van der Waals surface area contributed by atoms with Gasteiger partial charge in [0.05, 0.1) is 15.6 Å². The molecular formula is C18H14ClNO2S. The number of para-hydroxylation sites is 1. The molecule has 2 aromatic rings. The fourth-order valence-electron chi connectivity index (χ4n) is 2.31. The Hall–Kier alpha value is -2.04. The summed E-state index contributed by atoms with van der Waals surface area (Å²) >= 11 is 7.03. The Morgan fingerprint density at radius 2 is 1.78 bits per heavy atom. The largest absolute Gasteiger partial charge is 0.298 e. The third-order valence-corrected chi connectivity index (χ3v) is 4.76. The van der Waals surface area contributed by atoms with Crippen molar-refractivity contribution in [2.45, 2.75) is 13.3 Å². The third kappa shape index (κ3) is 3.19. The predicted octanol–water partition coefficient (Wildman–Crippen LogP) is 5.14. The summed E-state index contributed by atoms with van der Waals surface area (Å²) < 4.78 is 0. The van der Waals surface area contributed by atoms with Gasteiger partial charge in [-0.05, 0) is 47.5 Å². The first-order valence-corrected chi connectivity index (χ1v) is 8.41. The number of aryl methyl sites for hydroxylation is 1. The van der Waals surface area contributed by atoms with Crippen molar-refractivity contribution in [3.63, 3.8) is 0 Å². The first kappa shape index (κ1) is 15.8. The Morgan fingerprint density at radius 1 is 1.09 bits per heavy atom. The maximum atomic E-state index is 12.6. The van der Waals surface area contributed by atoms with Gasteiger partial charge >= 0.3 is 0 Å². The summed E-state index contributed by atoms with van der Waals surface area (Å²) in [6.45, 7) is 2.09. The highest BCUT2D eigenvalue weighted by Gasteiger charge is 2.37. The van der Waals surface area contributed by atoms with Crippen molar-refractivity contribution >= 4 is 46.3 Å². The van der Waals surface area contributed by atoms with Gasteiger partial charge in [0, 0.05) is 0 Å². The van der Waals surface area contributed by atoms with Crippen LogP contribution in [0.3, 0.4) is 0 Å². The minimum Gasteiger partial charge on any atom is -0.268 e. The molecule has 0 saturated carbocycles. The number of halogens is 1. The van der Waals surface area contributed by atoms with Crippen LogP contribution in [-0.4, -0.2) is 11.1 Å². The lowest BCUT2D eigenvalue weighted by Crippen LogP contribution is -2.27. The predicted molar refractivity (Wildman–Crippen MR) is 95.7 cm³/mol. The van der Waals surface area contributed by atoms with Crippen LogP contribution >= 0.6 is 23.4 Å². The minimum absolute atomic E-state index is 0.334. The average molecular weight is 344 g/mol. The maximum Gasteiger partial charge on any atom is 0.298 e. The van der Waals surface area contributed by atoms with Gasteiger partial charge in [0.1, 0.15) is 0 Å². The summed E-state index contributed by atoms with van der Waals surface area (Å²) in [7, 11) is 0. The van der Waals surface area contributed by atoms with Crippen LogP contribution < -0.4 is 4.90 Å². The molecular weight excluding hydrogens is 330 g/mol. The van der Waals surface area contributed by atoms with Gasteiger partial charge in [-0.1, -0.05) is 54.9 Å². The van der Waals surface area contributed by atoms with Crippen LogP contribution in [0, 0.1) is 0 Å². The Kier molecular flexibility index (Phi) is 4.55. The number of carbonyl (C=O) groups is 2. The van der Waals surface area contributed by atoms with E-state index < -0.39 is 0 Å². The van der Waals surface area contributed by atoms with E-state index in [0.29, 0.717) is 15.6 Å². The number of hydrogen-bond acceptors (Lipinski definition) is 3. The van der Waals surface area contributed by atoms with Crippen molar-refractivity contribution in [2.24, 2.45) is 0 Å². The lowest BCUT2D eigenvalue weighted by Gasteiger charge is -2.13. The van der Waals surface area contributed by atoms with Gasteiger partial charge in [0.25, 0.3) is 11.1 Å². The number of imide groups is 1. The van der Waals surface area contributed by atoms with E-state index >= 15 is 0 Å². The van der Waals surface area contributed by atoms with Crippen LogP contribution in [0.5, 0.6) is 0 Å². The third-order valence-electron chi connectivity index (χ3n) is 3.57. The van der Waals surface area contributed by atoms with Gasteiger partial charge in [0.15, 0.2) is 0 Å². The van der Waals surface area contributed by atoms with E-state index in [2.05, 4.69) is 6.92 Å². The number of carbonyl (C=O) groups excluding carboxylic acids is 2. The SMILES string of the molecule is CCc1ccc(/C=C2\SC(=O)N(c3ccccc3Cl)C2=O)cc1. The fraction of sp³-hybridized carbons (Fsp3) is 0.111. The Morgan fingerprint density at radius 3 is 2.43 bits per heavy atom. The summed E-state index contributed by atoms with van der Waals surface area (Å²) in [5.74, 6) is -0.340. The molecule has 0 aliphatic carbocycles. The molecule has 3 rings (SSSR count). The van der Waals surface area contributed by atoms with E-state index in [1.807, 2.05) is 24.3 Å². The van der Waals surface area contributed by atoms with Crippen LogP contribution in [-0.2, 0) is 11.2 Å². The summed E-state index contributed by atoms with van der Waals surface area (Å²) in [4.78, 5) is 26.3. The van der Waals surface area contributed by atoms with Gasteiger partial charge in [0.2, 0.25) is 0 Å². The number of rotatable bonds is 3. The van der Waals surface area contributed by atoms with E-state index in [0.717, 1.165) is 28.6 Å². The number of thioether (sulfide) groups is 1. The fourth-order valence-corrected chi connectivity index (χ4v) is 3.36. The van der Waals surface area contributed by atoms with Crippen molar-refractivity contribution < 1.29 is 9.59 Å². The molecule has 3 nitrogen and oxygen atoms in total. The van der Waals surface area contributed by atoms with Crippen molar-refractivity contribution in [1.82, 2.24) is 0 Å². The van der Waals surface area contributed by atoms with Crippen molar-refractivity contribution in [1.29, 1.82) is 0 Å². The Balaban J connectivity index is 1.91. The number of anilines is 1. The van der Waals surface area contributed by atoms with E-state index in [-0.39, 0.29) is 11.1 Å². The number of nitrogens with zero attached hydrogens (tertiary/aromatic N) is 1. The average Bonchev–Trinajstić information content (AvgIpc) is 2.83. The van der Waals surface area contributed by atoms with Crippen LogP contribution in [0.15, 0.2) is 53.4 Å². The highest BCUT2D eigenvalue weighted by atomic mass is 35.5. The van der Waals surface area contributed by atoms with Gasteiger partial charge < -0.3 is 0 Å². The van der Waals surface area contributed by atoms with Crippen molar-refractivity contribution in [2.75, 3.05) is 4.90 Å². The van der Waals surface area contributed by atoms with E-state index in [9.17, 15) is 9.59 Å². The van der Waals surface area contributed by atoms with Gasteiger partial charge in [-0.15, -0.1) is 0 Å². The molecule has 0 unspecified atom stereocenters. The molecule has 1 saturated heterocycles.